The summed E-state index contributed by atoms with van der Waals surface area (Å²) in [6, 6.07) is 3.43. The van der Waals surface area contributed by atoms with Gasteiger partial charge < -0.3 is 5.11 Å². The first-order chi connectivity index (χ1) is 5.11. The van der Waals surface area contributed by atoms with Crippen molar-refractivity contribution in [3.05, 3.63) is 27.5 Å². The minimum atomic E-state index is -0.625. The standard InChI is InChI=1S/C7H7BrClNO/c1-4(11)7-5(9)2-3-6(8)10-7/h2-4,11H,1H3. The lowest BCUT2D eigenvalue weighted by atomic mass is 10.2. The second-order valence-corrected chi connectivity index (χ2v) is 3.40. The van der Waals surface area contributed by atoms with E-state index in [1.807, 2.05) is 0 Å². The molecule has 0 saturated heterocycles. The van der Waals surface area contributed by atoms with Gasteiger partial charge in [-0.05, 0) is 35.0 Å². The van der Waals surface area contributed by atoms with Crippen LogP contribution in [0.2, 0.25) is 5.02 Å². The summed E-state index contributed by atoms with van der Waals surface area (Å²) < 4.78 is 0.679. The first kappa shape index (κ1) is 8.97. The van der Waals surface area contributed by atoms with Gasteiger partial charge in [0.15, 0.2) is 0 Å². The highest BCUT2D eigenvalue weighted by Gasteiger charge is 2.07. The van der Waals surface area contributed by atoms with Gasteiger partial charge in [0.05, 0.1) is 16.8 Å². The molecule has 2 nitrogen and oxygen atoms in total. The molecule has 1 unspecified atom stereocenters. The molecule has 0 aromatic carbocycles. The van der Waals surface area contributed by atoms with E-state index in [9.17, 15) is 0 Å². The summed E-state index contributed by atoms with van der Waals surface area (Å²) in [5.41, 5.74) is 0.501. The number of aliphatic hydroxyl groups excluding tert-OH is 1. The van der Waals surface area contributed by atoms with E-state index in [0.29, 0.717) is 15.3 Å². The number of pyridine rings is 1. The van der Waals surface area contributed by atoms with E-state index in [4.69, 9.17) is 16.7 Å². The van der Waals surface area contributed by atoms with Gasteiger partial charge in [0.1, 0.15) is 4.60 Å². The number of rotatable bonds is 1. The Bertz CT molecular complexity index is 265. The number of halogens is 2. The van der Waals surface area contributed by atoms with E-state index < -0.39 is 6.10 Å². The lowest BCUT2D eigenvalue weighted by Crippen LogP contribution is -1.96. The molecule has 0 aliphatic rings. The molecule has 0 saturated carbocycles. The topological polar surface area (TPSA) is 33.1 Å². The number of nitrogens with zero attached hydrogens (tertiary/aromatic N) is 1. The zero-order valence-corrected chi connectivity index (χ0v) is 8.22. The number of hydrogen-bond donors (Lipinski definition) is 1. The SMILES string of the molecule is CC(O)c1nc(Br)ccc1Cl. The highest BCUT2D eigenvalue weighted by atomic mass is 79.9. The summed E-state index contributed by atoms with van der Waals surface area (Å²) in [6.07, 6.45) is -0.625. The molecule has 1 rings (SSSR count). The van der Waals surface area contributed by atoms with Crippen LogP contribution in [0.3, 0.4) is 0 Å². The van der Waals surface area contributed by atoms with Crippen LogP contribution in [0.5, 0.6) is 0 Å². The summed E-state index contributed by atoms with van der Waals surface area (Å²) in [5, 5.41) is 9.65. The third kappa shape index (κ3) is 2.15. The van der Waals surface area contributed by atoms with Gasteiger partial charge in [0.2, 0.25) is 0 Å². The van der Waals surface area contributed by atoms with Crippen LogP contribution in [0.1, 0.15) is 18.7 Å². The molecule has 1 aromatic heterocycles. The van der Waals surface area contributed by atoms with Crippen LogP contribution in [0, 0.1) is 0 Å². The van der Waals surface area contributed by atoms with Crippen molar-refractivity contribution in [2.45, 2.75) is 13.0 Å². The molecular weight excluding hydrogens is 229 g/mol. The van der Waals surface area contributed by atoms with Crippen LogP contribution in [-0.2, 0) is 0 Å². The van der Waals surface area contributed by atoms with Crippen molar-refractivity contribution in [2.24, 2.45) is 0 Å². The molecule has 1 heterocycles. The average molecular weight is 236 g/mol. The van der Waals surface area contributed by atoms with Crippen LogP contribution >= 0.6 is 27.5 Å². The Morgan fingerprint density at radius 2 is 2.27 bits per heavy atom. The zero-order chi connectivity index (χ0) is 8.43. The predicted octanol–water partition coefficient (Wildman–Crippen LogP) is 2.55. The van der Waals surface area contributed by atoms with Gasteiger partial charge in [-0.1, -0.05) is 11.6 Å². The lowest BCUT2D eigenvalue weighted by Gasteiger charge is -2.05. The maximum atomic E-state index is 9.16. The van der Waals surface area contributed by atoms with Crippen LogP contribution in [0.15, 0.2) is 16.7 Å². The smallest absolute Gasteiger partial charge is 0.106 e. The first-order valence-corrected chi connectivity index (χ1v) is 4.28. The van der Waals surface area contributed by atoms with Gasteiger partial charge in [-0.25, -0.2) is 4.98 Å². The van der Waals surface area contributed by atoms with Gasteiger partial charge >= 0.3 is 0 Å². The fourth-order valence-corrected chi connectivity index (χ4v) is 1.31. The summed E-state index contributed by atoms with van der Waals surface area (Å²) in [5.74, 6) is 0. The van der Waals surface area contributed by atoms with Crippen molar-refractivity contribution in [2.75, 3.05) is 0 Å². The van der Waals surface area contributed by atoms with E-state index in [0.717, 1.165) is 0 Å². The number of aliphatic hydroxyl groups is 1. The molecule has 0 aliphatic heterocycles. The van der Waals surface area contributed by atoms with Crippen molar-refractivity contribution in [1.82, 2.24) is 4.98 Å². The molecule has 1 aromatic rings. The summed E-state index contributed by atoms with van der Waals surface area (Å²) in [6.45, 7) is 1.63. The summed E-state index contributed by atoms with van der Waals surface area (Å²) in [7, 11) is 0. The molecule has 0 bridgehead atoms. The Morgan fingerprint density at radius 3 is 2.73 bits per heavy atom. The maximum Gasteiger partial charge on any atom is 0.106 e. The lowest BCUT2D eigenvalue weighted by molar-refractivity contribution is 0.194. The predicted molar refractivity (Wildman–Crippen MR) is 47.6 cm³/mol. The van der Waals surface area contributed by atoms with Crippen LogP contribution in [-0.4, -0.2) is 10.1 Å². The molecule has 60 valence electrons. The first-order valence-electron chi connectivity index (χ1n) is 3.11. The molecule has 1 N–H and O–H groups in total. The van der Waals surface area contributed by atoms with Crippen LogP contribution in [0.25, 0.3) is 0 Å². The van der Waals surface area contributed by atoms with Crippen molar-refractivity contribution in [3.8, 4) is 0 Å². The highest BCUT2D eigenvalue weighted by molar-refractivity contribution is 9.10. The summed E-state index contributed by atoms with van der Waals surface area (Å²) >= 11 is 8.93. The highest BCUT2D eigenvalue weighted by Crippen LogP contribution is 2.22. The molecule has 0 fully saturated rings. The molecule has 0 radical (unpaired) electrons. The monoisotopic (exact) mass is 235 g/mol. The Kier molecular flexibility index (Phi) is 2.87. The van der Waals surface area contributed by atoms with Crippen molar-refractivity contribution >= 4 is 27.5 Å². The maximum absolute atomic E-state index is 9.16. The molecule has 1 atom stereocenters. The summed E-state index contributed by atoms with van der Waals surface area (Å²) in [4.78, 5) is 4.01. The molecule has 0 amide bonds. The Labute approximate surface area is 78.3 Å². The number of aromatic nitrogens is 1. The quantitative estimate of drug-likeness (QED) is 0.760. The zero-order valence-electron chi connectivity index (χ0n) is 5.88. The van der Waals surface area contributed by atoms with E-state index in [2.05, 4.69) is 20.9 Å². The average Bonchev–Trinajstić information content (AvgIpc) is 1.94. The fraction of sp³-hybridized carbons (Fsp3) is 0.286. The van der Waals surface area contributed by atoms with Gasteiger partial charge in [0, 0.05) is 0 Å². The van der Waals surface area contributed by atoms with E-state index >= 15 is 0 Å². The van der Waals surface area contributed by atoms with E-state index in [1.54, 1.807) is 19.1 Å². The van der Waals surface area contributed by atoms with Crippen molar-refractivity contribution in [1.29, 1.82) is 0 Å². The normalized spacial score (nSPS) is 13.1. The van der Waals surface area contributed by atoms with E-state index in [1.165, 1.54) is 0 Å². The van der Waals surface area contributed by atoms with Crippen LogP contribution in [0.4, 0.5) is 0 Å². The fourth-order valence-electron chi connectivity index (χ4n) is 0.726. The molecular formula is C7H7BrClNO. The Morgan fingerprint density at radius 1 is 1.64 bits per heavy atom. The molecule has 0 aliphatic carbocycles. The van der Waals surface area contributed by atoms with Crippen molar-refractivity contribution in [3.63, 3.8) is 0 Å². The third-order valence-corrected chi connectivity index (χ3v) is 2.00. The third-order valence-electron chi connectivity index (χ3n) is 1.23. The molecule has 11 heavy (non-hydrogen) atoms. The Balaban J connectivity index is 3.13. The molecule has 0 spiro atoms. The minimum Gasteiger partial charge on any atom is -0.387 e. The second kappa shape index (κ2) is 3.52. The largest absolute Gasteiger partial charge is 0.387 e. The van der Waals surface area contributed by atoms with Crippen LogP contribution < -0.4 is 0 Å². The minimum absolute atomic E-state index is 0.489. The van der Waals surface area contributed by atoms with Gasteiger partial charge in [0.25, 0.3) is 0 Å². The van der Waals surface area contributed by atoms with Crippen molar-refractivity contribution < 1.29 is 5.11 Å². The molecule has 4 heteroatoms. The second-order valence-electron chi connectivity index (χ2n) is 2.18. The van der Waals surface area contributed by atoms with Gasteiger partial charge in [-0.15, -0.1) is 0 Å². The van der Waals surface area contributed by atoms with Gasteiger partial charge in [-0.3, -0.25) is 0 Å². The Hall–Kier alpha value is -0.120. The number of hydrogen-bond acceptors (Lipinski definition) is 2. The van der Waals surface area contributed by atoms with Gasteiger partial charge in [-0.2, -0.15) is 0 Å². The van der Waals surface area contributed by atoms with E-state index in [-0.39, 0.29) is 0 Å².